The molecule has 8 heteroatoms. The number of alkyl halides is 1. The molecule has 16 heavy (non-hydrogen) atoms. The van der Waals surface area contributed by atoms with Gasteiger partial charge in [-0.1, -0.05) is 0 Å². The Morgan fingerprint density at radius 1 is 1.50 bits per heavy atom. The van der Waals surface area contributed by atoms with E-state index in [2.05, 4.69) is 4.18 Å². The van der Waals surface area contributed by atoms with Crippen LogP contribution in [-0.4, -0.2) is 52.7 Å². The minimum absolute atomic E-state index is 0.0298. The molecule has 1 fully saturated rings. The van der Waals surface area contributed by atoms with E-state index in [0.717, 1.165) is 6.26 Å². The van der Waals surface area contributed by atoms with Crippen molar-refractivity contribution in [3.05, 3.63) is 0 Å². The van der Waals surface area contributed by atoms with Crippen LogP contribution in [0, 0.1) is 0 Å². The molecule has 0 radical (unpaired) electrons. The maximum Gasteiger partial charge on any atom is 0.264 e. The molecule has 0 bridgehead atoms. The van der Waals surface area contributed by atoms with E-state index in [1.165, 1.54) is 13.3 Å². The van der Waals surface area contributed by atoms with Crippen LogP contribution in [0.4, 0.5) is 4.39 Å². The molecular weight excluding hydrogens is 258 g/mol. The van der Waals surface area contributed by atoms with Gasteiger partial charge in [-0.25, -0.2) is 4.39 Å². The van der Waals surface area contributed by atoms with Crippen LogP contribution in [0.5, 0.6) is 0 Å². The first kappa shape index (κ1) is 14.1. The molecule has 1 aliphatic rings. The summed E-state index contributed by atoms with van der Waals surface area (Å²) in [5.41, 5.74) is 0. The van der Waals surface area contributed by atoms with Crippen molar-refractivity contribution in [2.75, 3.05) is 26.2 Å². The molecule has 0 aliphatic carbocycles. The van der Waals surface area contributed by atoms with Crippen LogP contribution in [0.1, 0.15) is 6.42 Å². The van der Waals surface area contributed by atoms with Gasteiger partial charge in [-0.15, -0.1) is 0 Å². The molecule has 1 heterocycles. The van der Waals surface area contributed by atoms with E-state index in [-0.39, 0.29) is 13.0 Å². The second kappa shape index (κ2) is 4.72. The zero-order valence-electron chi connectivity index (χ0n) is 9.42. The summed E-state index contributed by atoms with van der Waals surface area (Å²) < 4.78 is 56.2. The maximum atomic E-state index is 13.4. The number of ether oxygens (including phenoxy) is 1. The minimum Gasteiger partial charge on any atom is -0.362 e. The molecule has 5 nitrogen and oxygen atoms in total. The maximum absolute atomic E-state index is 13.4. The fraction of sp³-hybridized carbons (Fsp3) is 1.00. The third kappa shape index (κ3) is 4.13. The quantitative estimate of drug-likeness (QED) is 0.566. The first-order valence-corrected chi connectivity index (χ1v) is 9.27. The van der Waals surface area contributed by atoms with Crippen molar-refractivity contribution in [3.8, 4) is 0 Å². The van der Waals surface area contributed by atoms with Crippen LogP contribution in [0.3, 0.4) is 0 Å². The Morgan fingerprint density at radius 2 is 2.06 bits per heavy atom. The number of hydrogen-bond acceptors (Lipinski definition) is 5. The predicted molar refractivity (Wildman–Crippen MR) is 58.4 cm³/mol. The van der Waals surface area contributed by atoms with Gasteiger partial charge in [0.05, 0.1) is 12.9 Å². The SMILES string of the molecule is CP(C)(=O)[C@H]1C[C@H](F)[C@@H](COS(C)(=O)=O)O1. The molecule has 0 saturated carbocycles. The first-order chi connectivity index (χ1) is 7.09. The van der Waals surface area contributed by atoms with Gasteiger partial charge in [0.15, 0.2) is 0 Å². The van der Waals surface area contributed by atoms with Gasteiger partial charge >= 0.3 is 0 Å². The van der Waals surface area contributed by atoms with E-state index in [1.54, 1.807) is 0 Å². The molecule has 0 N–H and O–H groups in total. The van der Waals surface area contributed by atoms with Crippen LogP contribution < -0.4 is 0 Å². The van der Waals surface area contributed by atoms with Crippen LogP contribution in [0.25, 0.3) is 0 Å². The predicted octanol–water partition coefficient (Wildman–Crippen LogP) is 1.04. The van der Waals surface area contributed by atoms with Crippen LogP contribution in [-0.2, 0) is 23.6 Å². The Hall–Kier alpha value is 0.0300. The molecule has 3 atom stereocenters. The summed E-state index contributed by atoms with van der Waals surface area (Å²) in [6, 6.07) is 0. The fourth-order valence-corrected chi connectivity index (χ4v) is 2.96. The highest BCUT2D eigenvalue weighted by Crippen LogP contribution is 2.49. The average Bonchev–Trinajstić information content (AvgIpc) is 2.41. The van der Waals surface area contributed by atoms with E-state index in [0.29, 0.717) is 0 Å². The monoisotopic (exact) mass is 274 g/mol. The molecule has 0 amide bonds. The second-order valence-electron chi connectivity index (χ2n) is 4.30. The molecule has 1 rings (SSSR count). The second-order valence-corrected chi connectivity index (χ2v) is 9.39. The van der Waals surface area contributed by atoms with E-state index in [9.17, 15) is 17.4 Å². The molecule has 96 valence electrons. The lowest BCUT2D eigenvalue weighted by Crippen LogP contribution is -2.25. The lowest BCUT2D eigenvalue weighted by atomic mass is 10.2. The van der Waals surface area contributed by atoms with Crippen LogP contribution in [0.2, 0.25) is 0 Å². The zero-order valence-corrected chi connectivity index (χ0v) is 11.1. The van der Waals surface area contributed by atoms with Gasteiger partial charge in [0.2, 0.25) is 0 Å². The van der Waals surface area contributed by atoms with Gasteiger partial charge in [-0.2, -0.15) is 8.42 Å². The Balaban J connectivity index is 2.56. The lowest BCUT2D eigenvalue weighted by molar-refractivity contribution is 0.0276. The molecule has 0 aromatic rings. The summed E-state index contributed by atoms with van der Waals surface area (Å²) in [6.45, 7) is 2.67. The highest BCUT2D eigenvalue weighted by molar-refractivity contribution is 7.85. The summed E-state index contributed by atoms with van der Waals surface area (Å²) in [6.07, 6.45) is -1.37. The Bertz CT molecular complexity index is 389. The standard InChI is InChI=1S/C8H16FO5PS/c1-15(2,10)8-4-6(9)7(14-8)5-13-16(3,11)12/h6-8H,4-5H2,1-3H3/t6-,7+,8-/m0/s1. The molecule has 0 spiro atoms. The van der Waals surface area contributed by atoms with Crippen molar-refractivity contribution >= 4 is 17.3 Å². The first-order valence-electron chi connectivity index (χ1n) is 4.78. The smallest absolute Gasteiger partial charge is 0.264 e. The minimum atomic E-state index is -3.60. The van der Waals surface area contributed by atoms with Crippen molar-refractivity contribution in [2.24, 2.45) is 0 Å². The summed E-state index contributed by atoms with van der Waals surface area (Å²) in [4.78, 5) is 0. The molecule has 0 aromatic heterocycles. The number of hydrogen-bond donors (Lipinski definition) is 0. The molecule has 0 aromatic carbocycles. The Labute approximate surface area is 94.8 Å². The fourth-order valence-electron chi connectivity index (χ4n) is 1.42. The molecule has 1 saturated heterocycles. The van der Waals surface area contributed by atoms with Crippen molar-refractivity contribution in [1.29, 1.82) is 0 Å². The van der Waals surface area contributed by atoms with E-state index >= 15 is 0 Å². The number of halogens is 1. The van der Waals surface area contributed by atoms with Crippen LogP contribution in [0.15, 0.2) is 0 Å². The summed E-state index contributed by atoms with van der Waals surface area (Å²) in [5, 5.41) is 0. The van der Waals surface area contributed by atoms with Gasteiger partial charge in [0.25, 0.3) is 10.1 Å². The normalized spacial score (nSPS) is 31.9. The Morgan fingerprint density at radius 3 is 2.44 bits per heavy atom. The largest absolute Gasteiger partial charge is 0.362 e. The van der Waals surface area contributed by atoms with Crippen molar-refractivity contribution in [1.82, 2.24) is 0 Å². The van der Waals surface area contributed by atoms with Gasteiger partial charge in [-0.05, 0) is 13.3 Å². The van der Waals surface area contributed by atoms with Gasteiger partial charge in [0, 0.05) is 6.42 Å². The van der Waals surface area contributed by atoms with Gasteiger partial charge in [-0.3, -0.25) is 4.18 Å². The third-order valence-corrected chi connectivity index (χ3v) is 4.59. The third-order valence-electron chi connectivity index (χ3n) is 2.30. The summed E-state index contributed by atoms with van der Waals surface area (Å²) >= 11 is 0. The topological polar surface area (TPSA) is 69.7 Å². The average molecular weight is 274 g/mol. The summed E-state index contributed by atoms with van der Waals surface area (Å²) in [5.74, 6) is -0.643. The Kier molecular flexibility index (Phi) is 4.16. The van der Waals surface area contributed by atoms with Crippen molar-refractivity contribution < 1.29 is 26.3 Å². The van der Waals surface area contributed by atoms with Crippen molar-refractivity contribution in [3.63, 3.8) is 0 Å². The lowest BCUT2D eigenvalue weighted by Gasteiger charge is -2.16. The van der Waals surface area contributed by atoms with E-state index in [4.69, 9.17) is 4.74 Å². The molecule has 1 aliphatic heterocycles. The highest BCUT2D eigenvalue weighted by Gasteiger charge is 2.41. The zero-order chi connectivity index (χ0) is 12.6. The highest BCUT2D eigenvalue weighted by atomic mass is 32.2. The van der Waals surface area contributed by atoms with Crippen molar-refractivity contribution in [2.45, 2.75) is 24.5 Å². The van der Waals surface area contributed by atoms with Crippen LogP contribution >= 0.6 is 7.14 Å². The van der Waals surface area contributed by atoms with E-state index < -0.39 is 35.4 Å². The molecule has 0 unspecified atom stereocenters. The van der Waals surface area contributed by atoms with Gasteiger partial charge in [0.1, 0.15) is 25.3 Å². The number of rotatable bonds is 4. The van der Waals surface area contributed by atoms with Gasteiger partial charge < -0.3 is 9.30 Å². The summed E-state index contributed by atoms with van der Waals surface area (Å²) in [7, 11) is -6.12. The van der Waals surface area contributed by atoms with E-state index in [1.807, 2.05) is 0 Å². The molecular formula is C8H16FO5PS.